The van der Waals surface area contributed by atoms with Crippen molar-refractivity contribution in [1.82, 2.24) is 5.32 Å². The lowest BCUT2D eigenvalue weighted by atomic mass is 9.84. The molecule has 2 atom stereocenters. The zero-order chi connectivity index (χ0) is 15.7. The Kier molecular flexibility index (Phi) is 4.41. The largest absolute Gasteiger partial charge is 0.451 e. The Labute approximate surface area is 135 Å². The first-order valence-electron chi connectivity index (χ1n) is 7.79. The van der Waals surface area contributed by atoms with Crippen LogP contribution < -0.4 is 11.1 Å². The van der Waals surface area contributed by atoms with E-state index in [1.54, 1.807) is 12.1 Å². The summed E-state index contributed by atoms with van der Waals surface area (Å²) in [6.07, 6.45) is 4.39. The van der Waals surface area contributed by atoms with Crippen molar-refractivity contribution in [3.05, 3.63) is 34.5 Å². The summed E-state index contributed by atoms with van der Waals surface area (Å²) in [5.74, 6) is 0.575. The highest BCUT2D eigenvalue weighted by Crippen LogP contribution is 2.29. The molecule has 0 aliphatic heterocycles. The number of aryl methyl sites for hydroxylation is 1. The number of hydrogen-bond donors (Lipinski definition) is 2. The minimum atomic E-state index is -0.157. The smallest absolute Gasteiger partial charge is 0.287 e. The lowest BCUT2D eigenvalue weighted by molar-refractivity contribution is 0.0881. The van der Waals surface area contributed by atoms with Crippen LogP contribution in [0.2, 0.25) is 5.02 Å². The van der Waals surface area contributed by atoms with Crippen molar-refractivity contribution >= 4 is 28.5 Å². The number of halogens is 1. The first-order valence-corrected chi connectivity index (χ1v) is 8.17. The van der Waals surface area contributed by atoms with Gasteiger partial charge < -0.3 is 15.5 Å². The molecule has 1 amide bonds. The summed E-state index contributed by atoms with van der Waals surface area (Å²) in [7, 11) is 0. The monoisotopic (exact) mass is 320 g/mol. The lowest BCUT2D eigenvalue weighted by Crippen LogP contribution is -2.44. The summed E-state index contributed by atoms with van der Waals surface area (Å²) in [6, 6.07) is 5.53. The van der Waals surface area contributed by atoms with Crippen molar-refractivity contribution in [3.8, 4) is 0 Å². The van der Waals surface area contributed by atoms with E-state index in [9.17, 15) is 4.79 Å². The van der Waals surface area contributed by atoms with Gasteiger partial charge in [0.2, 0.25) is 0 Å². The molecule has 4 nitrogen and oxygen atoms in total. The molecule has 1 saturated carbocycles. The summed E-state index contributed by atoms with van der Waals surface area (Å²) in [4.78, 5) is 12.6. The number of hydrogen-bond acceptors (Lipinski definition) is 3. The van der Waals surface area contributed by atoms with Crippen molar-refractivity contribution in [1.29, 1.82) is 0 Å². The fourth-order valence-corrected chi connectivity index (χ4v) is 3.50. The van der Waals surface area contributed by atoms with Gasteiger partial charge in [0, 0.05) is 22.0 Å². The van der Waals surface area contributed by atoms with E-state index in [1.807, 2.05) is 13.0 Å². The van der Waals surface area contributed by atoms with Crippen LogP contribution in [0.1, 0.15) is 41.8 Å². The third-order valence-electron chi connectivity index (χ3n) is 4.63. The molecule has 22 heavy (non-hydrogen) atoms. The number of rotatable bonds is 3. The van der Waals surface area contributed by atoms with Crippen LogP contribution in [0.4, 0.5) is 0 Å². The van der Waals surface area contributed by atoms with Gasteiger partial charge in [0.05, 0.1) is 0 Å². The molecule has 0 bridgehead atoms. The highest BCUT2D eigenvalue weighted by Gasteiger charge is 2.27. The van der Waals surface area contributed by atoms with Gasteiger partial charge in [-0.3, -0.25) is 4.79 Å². The van der Waals surface area contributed by atoms with Crippen LogP contribution in [0.15, 0.2) is 22.6 Å². The van der Waals surface area contributed by atoms with Crippen molar-refractivity contribution in [2.24, 2.45) is 11.7 Å². The molecule has 1 aromatic heterocycles. The van der Waals surface area contributed by atoms with Gasteiger partial charge >= 0.3 is 0 Å². The van der Waals surface area contributed by atoms with E-state index in [1.165, 1.54) is 6.42 Å². The second-order valence-corrected chi connectivity index (χ2v) is 6.49. The van der Waals surface area contributed by atoms with Crippen LogP contribution in [0.3, 0.4) is 0 Å². The van der Waals surface area contributed by atoms with Crippen LogP contribution in [0.5, 0.6) is 0 Å². The molecule has 3 N–H and O–H groups in total. The maximum Gasteiger partial charge on any atom is 0.287 e. The number of nitrogens with two attached hydrogens (primary N) is 1. The number of furan rings is 1. The van der Waals surface area contributed by atoms with E-state index in [-0.39, 0.29) is 11.9 Å². The van der Waals surface area contributed by atoms with Gasteiger partial charge in [-0.05, 0) is 50.4 Å². The third kappa shape index (κ3) is 2.85. The minimum Gasteiger partial charge on any atom is -0.451 e. The van der Waals surface area contributed by atoms with E-state index >= 15 is 0 Å². The summed E-state index contributed by atoms with van der Waals surface area (Å²) in [5.41, 5.74) is 7.34. The average Bonchev–Trinajstić information content (AvgIpc) is 2.85. The van der Waals surface area contributed by atoms with Crippen molar-refractivity contribution in [3.63, 3.8) is 0 Å². The molecule has 0 spiro atoms. The third-order valence-corrected chi connectivity index (χ3v) is 4.87. The van der Waals surface area contributed by atoms with Gasteiger partial charge in [0.25, 0.3) is 5.91 Å². The molecular weight excluding hydrogens is 300 g/mol. The summed E-state index contributed by atoms with van der Waals surface area (Å²) in [6.45, 7) is 2.50. The maximum absolute atomic E-state index is 12.6. The van der Waals surface area contributed by atoms with Gasteiger partial charge in [-0.25, -0.2) is 0 Å². The van der Waals surface area contributed by atoms with Crippen molar-refractivity contribution in [2.45, 2.75) is 38.6 Å². The van der Waals surface area contributed by atoms with Crippen LogP contribution in [-0.4, -0.2) is 18.5 Å². The van der Waals surface area contributed by atoms with E-state index in [0.717, 1.165) is 30.2 Å². The van der Waals surface area contributed by atoms with Crippen LogP contribution in [0, 0.1) is 12.8 Å². The normalized spacial score (nSPS) is 22.0. The van der Waals surface area contributed by atoms with Gasteiger partial charge in [0.1, 0.15) is 5.58 Å². The Balaban J connectivity index is 1.84. The van der Waals surface area contributed by atoms with E-state index in [4.69, 9.17) is 21.8 Å². The molecule has 5 heteroatoms. The minimum absolute atomic E-state index is 0.141. The van der Waals surface area contributed by atoms with Gasteiger partial charge in [0.15, 0.2) is 5.76 Å². The Bertz CT molecular complexity index is 695. The summed E-state index contributed by atoms with van der Waals surface area (Å²) < 4.78 is 5.72. The van der Waals surface area contributed by atoms with Crippen molar-refractivity contribution < 1.29 is 9.21 Å². The van der Waals surface area contributed by atoms with Gasteiger partial charge in [-0.15, -0.1) is 0 Å². The van der Waals surface area contributed by atoms with E-state index in [0.29, 0.717) is 28.8 Å². The van der Waals surface area contributed by atoms with Crippen molar-refractivity contribution in [2.75, 3.05) is 6.54 Å². The molecule has 1 aliphatic rings. The molecular formula is C17H21ClN2O2. The Hall–Kier alpha value is -1.52. The van der Waals surface area contributed by atoms with Crippen LogP contribution in [0.25, 0.3) is 11.0 Å². The number of carbonyl (C=O) groups is 1. The van der Waals surface area contributed by atoms with Gasteiger partial charge in [-0.1, -0.05) is 24.4 Å². The predicted molar refractivity (Wildman–Crippen MR) is 88.2 cm³/mol. The predicted octanol–water partition coefficient (Wildman–Crippen LogP) is 3.64. The zero-order valence-corrected chi connectivity index (χ0v) is 13.5. The Morgan fingerprint density at radius 2 is 2.18 bits per heavy atom. The molecule has 1 aromatic carbocycles. The van der Waals surface area contributed by atoms with Crippen LogP contribution in [-0.2, 0) is 0 Å². The standard InChI is InChI=1S/C17H21ClN2O2/c1-10-13-8-12(18)6-7-15(13)22-16(10)17(21)20-14-5-3-2-4-11(14)9-19/h6-8,11,14H,2-5,9,19H2,1H3,(H,20,21). The van der Waals surface area contributed by atoms with E-state index in [2.05, 4.69) is 5.32 Å². The molecule has 1 aliphatic carbocycles. The number of benzene rings is 1. The molecule has 1 heterocycles. The molecule has 2 unspecified atom stereocenters. The number of amides is 1. The average molecular weight is 321 g/mol. The molecule has 3 rings (SSSR count). The topological polar surface area (TPSA) is 68.3 Å². The Morgan fingerprint density at radius 3 is 2.95 bits per heavy atom. The first-order chi connectivity index (χ1) is 10.6. The zero-order valence-electron chi connectivity index (χ0n) is 12.7. The SMILES string of the molecule is Cc1c(C(=O)NC2CCCCC2CN)oc2ccc(Cl)cc12. The molecule has 0 saturated heterocycles. The fraction of sp³-hybridized carbons (Fsp3) is 0.471. The molecule has 118 valence electrons. The van der Waals surface area contributed by atoms with Gasteiger partial charge in [-0.2, -0.15) is 0 Å². The Morgan fingerprint density at radius 1 is 1.41 bits per heavy atom. The number of carbonyl (C=O) groups excluding carboxylic acids is 1. The fourth-order valence-electron chi connectivity index (χ4n) is 3.32. The quantitative estimate of drug-likeness (QED) is 0.907. The first kappa shape index (κ1) is 15.4. The molecule has 1 fully saturated rings. The number of fused-ring (bicyclic) bond motifs is 1. The summed E-state index contributed by atoms with van der Waals surface area (Å²) in [5, 5.41) is 4.63. The lowest BCUT2D eigenvalue weighted by Gasteiger charge is -2.31. The highest BCUT2D eigenvalue weighted by atomic mass is 35.5. The second kappa shape index (κ2) is 6.31. The maximum atomic E-state index is 12.6. The molecule has 0 radical (unpaired) electrons. The molecule has 2 aromatic rings. The summed E-state index contributed by atoms with van der Waals surface area (Å²) >= 11 is 6.02. The van der Waals surface area contributed by atoms with E-state index < -0.39 is 0 Å². The second-order valence-electron chi connectivity index (χ2n) is 6.06. The highest BCUT2D eigenvalue weighted by molar-refractivity contribution is 6.31. The van der Waals surface area contributed by atoms with Crippen LogP contribution >= 0.6 is 11.6 Å². The number of nitrogens with one attached hydrogen (secondary N) is 1.